The maximum atomic E-state index is 5.53. The van der Waals surface area contributed by atoms with Crippen LogP contribution in [0.5, 0.6) is 5.75 Å². The zero-order valence-electron chi connectivity index (χ0n) is 15.6. The topological polar surface area (TPSA) is 29.8 Å². The van der Waals surface area contributed by atoms with Crippen molar-refractivity contribution in [2.24, 2.45) is 0 Å². The Labute approximate surface area is 163 Å². The molecule has 0 atom stereocenters. The van der Waals surface area contributed by atoms with Crippen LogP contribution >= 0.6 is 11.3 Å². The minimum absolute atomic E-state index is 0.694. The van der Waals surface area contributed by atoms with Gasteiger partial charge in [0.05, 0.1) is 18.0 Å². The summed E-state index contributed by atoms with van der Waals surface area (Å²) in [6.07, 6.45) is 2.11. The number of aromatic nitrogens is 2. The zero-order chi connectivity index (χ0) is 18.6. The molecule has 2 heterocycles. The molecular formula is C22H23N3OS. The third-order valence-electron chi connectivity index (χ3n) is 4.51. The van der Waals surface area contributed by atoms with Gasteiger partial charge >= 0.3 is 0 Å². The van der Waals surface area contributed by atoms with E-state index in [2.05, 4.69) is 64.3 Å². The molecule has 0 unspecified atom stereocenters. The molecule has 0 aliphatic carbocycles. The number of rotatable bonds is 7. The molecule has 4 rings (SSSR count). The molecule has 0 aliphatic heterocycles. The molecule has 0 aliphatic rings. The van der Waals surface area contributed by atoms with Gasteiger partial charge in [0, 0.05) is 30.2 Å². The molecular weight excluding hydrogens is 354 g/mol. The predicted molar refractivity (Wildman–Crippen MR) is 111 cm³/mol. The zero-order valence-corrected chi connectivity index (χ0v) is 16.4. The molecule has 0 amide bonds. The summed E-state index contributed by atoms with van der Waals surface area (Å²) in [5.74, 6) is 0.922. The van der Waals surface area contributed by atoms with Crippen LogP contribution in [-0.4, -0.2) is 27.9 Å². The molecule has 0 saturated heterocycles. The number of ether oxygens (including phenoxy) is 1. The fourth-order valence-electron chi connectivity index (χ4n) is 3.29. The maximum Gasteiger partial charge on any atom is 0.194 e. The van der Waals surface area contributed by atoms with E-state index >= 15 is 0 Å². The van der Waals surface area contributed by atoms with Crippen LogP contribution in [0, 0.1) is 0 Å². The van der Waals surface area contributed by atoms with Crippen LogP contribution in [0.4, 0.5) is 0 Å². The van der Waals surface area contributed by atoms with E-state index in [0.29, 0.717) is 6.61 Å². The summed E-state index contributed by atoms with van der Waals surface area (Å²) in [7, 11) is 2.15. The highest BCUT2D eigenvalue weighted by molar-refractivity contribution is 7.15. The first-order valence-electron chi connectivity index (χ1n) is 9.14. The molecule has 138 valence electrons. The van der Waals surface area contributed by atoms with Crippen LogP contribution < -0.4 is 4.74 Å². The highest BCUT2D eigenvalue weighted by atomic mass is 32.1. The number of benzene rings is 2. The number of fused-ring (bicyclic) bond motifs is 1. The van der Waals surface area contributed by atoms with Crippen LogP contribution in [0.25, 0.3) is 16.2 Å². The van der Waals surface area contributed by atoms with E-state index in [4.69, 9.17) is 9.72 Å². The normalized spacial score (nSPS) is 11.4. The summed E-state index contributed by atoms with van der Waals surface area (Å²) < 4.78 is 7.74. The van der Waals surface area contributed by atoms with E-state index < -0.39 is 0 Å². The Morgan fingerprint density at radius 1 is 1.04 bits per heavy atom. The Kier molecular flexibility index (Phi) is 5.23. The van der Waals surface area contributed by atoms with Crippen molar-refractivity contribution in [2.75, 3.05) is 13.7 Å². The van der Waals surface area contributed by atoms with Gasteiger partial charge in [0.15, 0.2) is 4.96 Å². The van der Waals surface area contributed by atoms with Crippen LogP contribution in [0.15, 0.2) is 66.2 Å². The first kappa shape index (κ1) is 17.8. The summed E-state index contributed by atoms with van der Waals surface area (Å²) >= 11 is 1.67. The van der Waals surface area contributed by atoms with Gasteiger partial charge < -0.3 is 4.74 Å². The summed E-state index contributed by atoms with van der Waals surface area (Å²) in [4.78, 5) is 8.24. The SMILES string of the molecule is CCOc1ccc(CN(C)Cc2c(-c3ccccc3)nc3sccn23)cc1. The highest BCUT2D eigenvalue weighted by Gasteiger charge is 2.16. The van der Waals surface area contributed by atoms with Gasteiger partial charge in [-0.1, -0.05) is 42.5 Å². The quantitative estimate of drug-likeness (QED) is 0.449. The van der Waals surface area contributed by atoms with E-state index in [1.807, 2.05) is 25.1 Å². The number of hydrogen-bond acceptors (Lipinski definition) is 4. The maximum absolute atomic E-state index is 5.53. The molecule has 27 heavy (non-hydrogen) atoms. The van der Waals surface area contributed by atoms with Gasteiger partial charge in [0.1, 0.15) is 5.75 Å². The second-order valence-electron chi connectivity index (χ2n) is 6.58. The van der Waals surface area contributed by atoms with Gasteiger partial charge in [0.25, 0.3) is 0 Å². The fraction of sp³-hybridized carbons (Fsp3) is 0.227. The van der Waals surface area contributed by atoms with Crippen molar-refractivity contribution >= 4 is 16.3 Å². The molecule has 2 aromatic heterocycles. The van der Waals surface area contributed by atoms with Gasteiger partial charge in [-0.15, -0.1) is 11.3 Å². The molecule has 0 fully saturated rings. The molecule has 5 heteroatoms. The minimum Gasteiger partial charge on any atom is -0.494 e. The van der Waals surface area contributed by atoms with Gasteiger partial charge in [-0.3, -0.25) is 9.30 Å². The summed E-state index contributed by atoms with van der Waals surface area (Å²) in [5.41, 5.74) is 4.73. The van der Waals surface area contributed by atoms with E-state index in [0.717, 1.165) is 35.1 Å². The smallest absolute Gasteiger partial charge is 0.194 e. The lowest BCUT2D eigenvalue weighted by atomic mass is 10.1. The van der Waals surface area contributed by atoms with Gasteiger partial charge in [-0.2, -0.15) is 0 Å². The Hall–Kier alpha value is -2.63. The van der Waals surface area contributed by atoms with Crippen molar-refractivity contribution in [3.63, 3.8) is 0 Å². The van der Waals surface area contributed by atoms with Gasteiger partial charge in [-0.25, -0.2) is 4.98 Å². The Morgan fingerprint density at radius 2 is 1.81 bits per heavy atom. The lowest BCUT2D eigenvalue weighted by Crippen LogP contribution is -2.18. The average molecular weight is 378 g/mol. The number of imidazole rings is 1. The molecule has 2 aromatic carbocycles. The van der Waals surface area contributed by atoms with Crippen LogP contribution in [0.3, 0.4) is 0 Å². The molecule has 0 saturated carbocycles. The first-order valence-corrected chi connectivity index (χ1v) is 10.0. The number of hydrogen-bond donors (Lipinski definition) is 0. The molecule has 4 aromatic rings. The van der Waals surface area contributed by atoms with Crippen molar-refractivity contribution in [3.8, 4) is 17.0 Å². The van der Waals surface area contributed by atoms with E-state index in [1.54, 1.807) is 11.3 Å². The minimum atomic E-state index is 0.694. The second kappa shape index (κ2) is 7.94. The summed E-state index contributed by atoms with van der Waals surface area (Å²) in [6.45, 7) is 4.40. The largest absolute Gasteiger partial charge is 0.494 e. The van der Waals surface area contributed by atoms with Crippen molar-refractivity contribution in [1.29, 1.82) is 0 Å². The lowest BCUT2D eigenvalue weighted by Gasteiger charge is -2.17. The monoisotopic (exact) mass is 377 g/mol. The Morgan fingerprint density at radius 3 is 2.56 bits per heavy atom. The fourth-order valence-corrected chi connectivity index (χ4v) is 4.02. The Balaban J connectivity index is 1.56. The standard InChI is InChI=1S/C22H23N3OS/c1-3-26-19-11-9-17(10-12-19)15-24(2)16-20-21(18-7-5-4-6-8-18)23-22-25(20)13-14-27-22/h4-14H,3,15-16H2,1-2H3. The van der Waals surface area contributed by atoms with Crippen molar-refractivity contribution in [3.05, 3.63) is 77.4 Å². The van der Waals surface area contributed by atoms with Gasteiger partial charge in [0.2, 0.25) is 0 Å². The highest BCUT2D eigenvalue weighted by Crippen LogP contribution is 2.27. The third-order valence-corrected chi connectivity index (χ3v) is 5.27. The molecule has 0 radical (unpaired) electrons. The lowest BCUT2D eigenvalue weighted by molar-refractivity contribution is 0.314. The molecule has 0 spiro atoms. The predicted octanol–water partition coefficient (Wildman–Crippen LogP) is 5.09. The molecule has 0 N–H and O–H groups in total. The molecule has 4 nitrogen and oxygen atoms in total. The van der Waals surface area contributed by atoms with E-state index in [-0.39, 0.29) is 0 Å². The van der Waals surface area contributed by atoms with E-state index in [9.17, 15) is 0 Å². The summed E-state index contributed by atoms with van der Waals surface area (Å²) in [6, 6.07) is 18.8. The van der Waals surface area contributed by atoms with Gasteiger partial charge in [-0.05, 0) is 31.7 Å². The van der Waals surface area contributed by atoms with Crippen LogP contribution in [-0.2, 0) is 13.1 Å². The van der Waals surface area contributed by atoms with E-state index in [1.165, 1.54) is 11.3 Å². The van der Waals surface area contributed by atoms with Crippen molar-refractivity contribution in [2.45, 2.75) is 20.0 Å². The van der Waals surface area contributed by atoms with Crippen LogP contribution in [0.2, 0.25) is 0 Å². The average Bonchev–Trinajstić information content (AvgIpc) is 3.27. The molecule has 0 bridgehead atoms. The van der Waals surface area contributed by atoms with Crippen molar-refractivity contribution < 1.29 is 4.74 Å². The number of nitrogens with zero attached hydrogens (tertiary/aromatic N) is 3. The number of thiazole rings is 1. The third kappa shape index (κ3) is 3.89. The summed E-state index contributed by atoms with van der Waals surface area (Å²) in [5, 5.41) is 2.09. The van der Waals surface area contributed by atoms with Crippen LogP contribution in [0.1, 0.15) is 18.2 Å². The Bertz CT molecular complexity index is 1010. The second-order valence-corrected chi connectivity index (χ2v) is 7.45. The van der Waals surface area contributed by atoms with Crippen molar-refractivity contribution in [1.82, 2.24) is 14.3 Å². The first-order chi connectivity index (χ1) is 13.2.